The molecule has 10 heteroatoms. The second kappa shape index (κ2) is 7.95. The van der Waals surface area contributed by atoms with Gasteiger partial charge in [0, 0.05) is 10.9 Å². The molecule has 0 unspecified atom stereocenters. The van der Waals surface area contributed by atoms with Crippen molar-refractivity contribution in [2.45, 2.75) is 19.5 Å². The highest BCUT2D eigenvalue weighted by molar-refractivity contribution is 5.94. The van der Waals surface area contributed by atoms with Crippen molar-refractivity contribution in [2.75, 3.05) is 0 Å². The molecule has 4 rings (SSSR count). The Morgan fingerprint density at radius 1 is 0.848 bits per heavy atom. The van der Waals surface area contributed by atoms with Crippen molar-refractivity contribution in [3.05, 3.63) is 88.2 Å². The molecule has 33 heavy (non-hydrogen) atoms. The summed E-state index contributed by atoms with van der Waals surface area (Å²) in [7, 11) is 0. The zero-order valence-electron chi connectivity index (χ0n) is 16.8. The fraction of sp³-hybridized carbons (Fsp3) is 0.130. The van der Waals surface area contributed by atoms with Crippen LogP contribution in [0.1, 0.15) is 11.1 Å². The highest BCUT2D eigenvalue weighted by Gasteiger charge is 2.31. The summed E-state index contributed by atoms with van der Waals surface area (Å²) in [5, 5.41) is 4.87. The molecule has 0 bridgehead atoms. The van der Waals surface area contributed by atoms with Crippen LogP contribution in [-0.4, -0.2) is 16.1 Å². The molecule has 4 nitrogen and oxygen atoms in total. The van der Waals surface area contributed by atoms with E-state index in [4.69, 9.17) is 0 Å². The Hall–Kier alpha value is -3.82. The van der Waals surface area contributed by atoms with Crippen LogP contribution >= 0.6 is 0 Å². The van der Waals surface area contributed by atoms with Gasteiger partial charge in [0.15, 0.2) is 0 Å². The fourth-order valence-electron chi connectivity index (χ4n) is 3.38. The second-order valence-electron chi connectivity index (χ2n) is 7.23. The van der Waals surface area contributed by atoms with Crippen LogP contribution in [0.2, 0.25) is 0 Å². The van der Waals surface area contributed by atoms with E-state index in [-0.39, 0.29) is 22.3 Å². The summed E-state index contributed by atoms with van der Waals surface area (Å²) >= 11 is 0. The van der Waals surface area contributed by atoms with Gasteiger partial charge in [0.25, 0.3) is 5.56 Å². The minimum absolute atomic E-state index is 0.0698. The van der Waals surface area contributed by atoms with Gasteiger partial charge in [-0.2, -0.15) is 23.0 Å². The van der Waals surface area contributed by atoms with Gasteiger partial charge in [-0.25, -0.2) is 0 Å². The molecule has 0 aliphatic rings. The van der Waals surface area contributed by atoms with E-state index in [0.29, 0.717) is 5.39 Å². The molecule has 1 heterocycles. The number of rotatable bonds is 3. The molecule has 0 atom stereocenters. The summed E-state index contributed by atoms with van der Waals surface area (Å²) in [4.78, 5) is 13.1. The molecular formula is C23H14F6N2O2. The van der Waals surface area contributed by atoms with Gasteiger partial charge in [-0.3, -0.25) is 4.79 Å². The minimum Gasteiger partial charge on any atom is -0.406 e. The van der Waals surface area contributed by atoms with Gasteiger partial charge in [0.2, 0.25) is 0 Å². The molecule has 0 amide bonds. The monoisotopic (exact) mass is 464 g/mol. The van der Waals surface area contributed by atoms with Crippen LogP contribution in [0.5, 0.6) is 5.75 Å². The van der Waals surface area contributed by atoms with Crippen LogP contribution < -0.4 is 10.3 Å². The van der Waals surface area contributed by atoms with E-state index in [0.717, 1.165) is 46.6 Å². The molecule has 0 aliphatic carbocycles. The number of nitrogens with zero attached hydrogens (tertiary/aromatic N) is 2. The van der Waals surface area contributed by atoms with Crippen molar-refractivity contribution in [1.29, 1.82) is 0 Å². The molecule has 0 aliphatic heterocycles. The molecule has 0 N–H and O–H groups in total. The van der Waals surface area contributed by atoms with Crippen molar-refractivity contribution in [1.82, 2.24) is 9.78 Å². The van der Waals surface area contributed by atoms with E-state index < -0.39 is 29.4 Å². The Bertz CT molecular complexity index is 1390. The normalized spacial score (nSPS) is 12.2. The van der Waals surface area contributed by atoms with Crippen molar-refractivity contribution >= 4 is 10.8 Å². The van der Waals surface area contributed by atoms with E-state index in [1.54, 1.807) is 25.1 Å². The van der Waals surface area contributed by atoms with Crippen molar-refractivity contribution in [2.24, 2.45) is 0 Å². The van der Waals surface area contributed by atoms with Crippen molar-refractivity contribution < 1.29 is 31.1 Å². The predicted octanol–water partition coefficient (Wildman–Crippen LogP) is 6.28. The van der Waals surface area contributed by atoms with E-state index in [2.05, 4.69) is 9.84 Å². The van der Waals surface area contributed by atoms with Crippen LogP contribution in [0.25, 0.3) is 27.7 Å². The average molecular weight is 464 g/mol. The Kier molecular flexibility index (Phi) is 5.39. The van der Waals surface area contributed by atoms with Gasteiger partial charge < -0.3 is 4.74 Å². The van der Waals surface area contributed by atoms with Gasteiger partial charge >= 0.3 is 12.5 Å². The SMILES string of the molecule is Cc1ccc2c(-c3cccc(OC(F)(F)F)c3)nn(-c3ccc(C(F)(F)F)cc3)c(=O)c2c1. The van der Waals surface area contributed by atoms with Crippen LogP contribution in [0, 0.1) is 6.92 Å². The molecular weight excluding hydrogens is 450 g/mol. The summed E-state index contributed by atoms with van der Waals surface area (Å²) < 4.78 is 81.7. The van der Waals surface area contributed by atoms with Gasteiger partial charge in [0.1, 0.15) is 5.75 Å². The maximum atomic E-state index is 13.1. The quantitative estimate of drug-likeness (QED) is 0.335. The third kappa shape index (κ3) is 4.69. The number of fused-ring (bicyclic) bond motifs is 1. The van der Waals surface area contributed by atoms with Crippen LogP contribution in [0.4, 0.5) is 26.3 Å². The summed E-state index contributed by atoms with van der Waals surface area (Å²) in [6.07, 6.45) is -9.45. The summed E-state index contributed by atoms with van der Waals surface area (Å²) in [5.74, 6) is -0.477. The number of aryl methyl sites for hydroxylation is 1. The second-order valence-corrected chi connectivity index (χ2v) is 7.23. The lowest BCUT2D eigenvalue weighted by molar-refractivity contribution is -0.274. The van der Waals surface area contributed by atoms with Crippen LogP contribution in [0.3, 0.4) is 0 Å². The van der Waals surface area contributed by atoms with Crippen LogP contribution in [0.15, 0.2) is 71.5 Å². The Balaban J connectivity index is 1.94. The maximum Gasteiger partial charge on any atom is 0.573 e. The van der Waals surface area contributed by atoms with E-state index >= 15 is 0 Å². The molecule has 4 aromatic rings. The largest absolute Gasteiger partial charge is 0.573 e. The van der Waals surface area contributed by atoms with E-state index in [9.17, 15) is 31.1 Å². The lowest BCUT2D eigenvalue weighted by atomic mass is 10.0. The fourth-order valence-corrected chi connectivity index (χ4v) is 3.38. The molecule has 0 spiro atoms. The Labute approximate surface area is 182 Å². The summed E-state index contributed by atoms with van der Waals surface area (Å²) in [6.45, 7) is 1.75. The standard InChI is InChI=1S/C23H14F6N2O2/c1-13-5-10-18-19(11-13)21(32)31(16-8-6-15(7-9-16)22(24,25)26)30-20(18)14-3-2-4-17(12-14)33-23(27,28)29/h2-12H,1H3. The minimum atomic E-state index is -4.90. The topological polar surface area (TPSA) is 44.1 Å². The molecule has 0 fully saturated rings. The first-order valence-electron chi connectivity index (χ1n) is 9.50. The number of hydrogen-bond donors (Lipinski definition) is 0. The van der Waals surface area contributed by atoms with Gasteiger partial charge in [-0.15, -0.1) is 13.2 Å². The zero-order valence-corrected chi connectivity index (χ0v) is 16.8. The predicted molar refractivity (Wildman–Crippen MR) is 109 cm³/mol. The first-order valence-corrected chi connectivity index (χ1v) is 9.50. The van der Waals surface area contributed by atoms with Crippen molar-refractivity contribution in [3.63, 3.8) is 0 Å². The third-order valence-corrected chi connectivity index (χ3v) is 4.83. The average Bonchev–Trinajstić information content (AvgIpc) is 2.73. The Morgan fingerprint density at radius 2 is 1.55 bits per heavy atom. The number of aromatic nitrogens is 2. The highest BCUT2D eigenvalue weighted by atomic mass is 19.4. The van der Waals surface area contributed by atoms with Crippen LogP contribution in [-0.2, 0) is 6.18 Å². The Morgan fingerprint density at radius 3 is 2.18 bits per heavy atom. The maximum absolute atomic E-state index is 13.1. The highest BCUT2D eigenvalue weighted by Crippen LogP contribution is 2.32. The summed E-state index contributed by atoms with van der Waals surface area (Å²) in [5.41, 5.74) is -0.276. The lowest BCUT2D eigenvalue weighted by Crippen LogP contribution is -2.22. The van der Waals surface area contributed by atoms with E-state index in [1.807, 2.05) is 0 Å². The third-order valence-electron chi connectivity index (χ3n) is 4.83. The molecule has 0 radical (unpaired) electrons. The number of halogens is 6. The van der Waals surface area contributed by atoms with Crippen molar-refractivity contribution in [3.8, 4) is 22.7 Å². The zero-order chi connectivity index (χ0) is 24.0. The number of alkyl halides is 6. The first-order chi connectivity index (χ1) is 15.4. The number of ether oxygens (including phenoxy) is 1. The molecule has 0 saturated heterocycles. The number of hydrogen-bond acceptors (Lipinski definition) is 3. The molecule has 170 valence electrons. The molecule has 3 aromatic carbocycles. The molecule has 1 aromatic heterocycles. The smallest absolute Gasteiger partial charge is 0.406 e. The van der Waals surface area contributed by atoms with Gasteiger partial charge in [-0.05, 0) is 49.4 Å². The lowest BCUT2D eigenvalue weighted by Gasteiger charge is -2.14. The van der Waals surface area contributed by atoms with Gasteiger partial charge in [0.05, 0.1) is 22.3 Å². The molecule has 0 saturated carbocycles. The number of benzene rings is 3. The van der Waals surface area contributed by atoms with Gasteiger partial charge in [-0.1, -0.05) is 29.8 Å². The summed E-state index contributed by atoms with van der Waals surface area (Å²) in [6, 6.07) is 13.8. The first kappa shape index (κ1) is 22.4. The van der Waals surface area contributed by atoms with E-state index in [1.165, 1.54) is 12.1 Å².